The number of carbonyl (C=O) groups excluding carboxylic acids is 2. The molecule has 4 nitrogen and oxygen atoms in total. The van der Waals surface area contributed by atoms with Gasteiger partial charge in [-0.3, -0.25) is 14.5 Å². The topological polar surface area (TPSA) is 57.6 Å². The fourth-order valence-corrected chi connectivity index (χ4v) is 2.07. The first-order chi connectivity index (χ1) is 6.16. The van der Waals surface area contributed by atoms with Gasteiger partial charge in [0.15, 0.2) is 0 Å². The fourth-order valence-electron chi connectivity index (χ4n) is 2.07. The Morgan fingerprint density at radius 3 is 2.15 bits per heavy atom. The van der Waals surface area contributed by atoms with Gasteiger partial charge in [-0.05, 0) is 19.8 Å². The molecule has 2 fully saturated rings. The first-order valence-electron chi connectivity index (χ1n) is 4.64. The van der Waals surface area contributed by atoms with Gasteiger partial charge in [-0.2, -0.15) is 0 Å². The van der Waals surface area contributed by atoms with Gasteiger partial charge in [0, 0.05) is 0 Å². The number of aliphatic hydroxyl groups excluding tert-OH is 1. The average molecular weight is 183 g/mol. The Morgan fingerprint density at radius 2 is 1.85 bits per heavy atom. The average Bonchev–Trinajstić information content (AvgIpc) is 2.16. The third kappa shape index (κ3) is 1.01. The van der Waals surface area contributed by atoms with Crippen molar-refractivity contribution in [3.63, 3.8) is 0 Å². The van der Waals surface area contributed by atoms with Crippen LogP contribution in [0.4, 0.5) is 0 Å². The zero-order chi connectivity index (χ0) is 9.59. The van der Waals surface area contributed by atoms with E-state index in [-0.39, 0.29) is 36.3 Å². The highest BCUT2D eigenvalue weighted by Gasteiger charge is 2.53. The van der Waals surface area contributed by atoms with E-state index in [1.807, 2.05) is 0 Å². The summed E-state index contributed by atoms with van der Waals surface area (Å²) in [5.41, 5.74) is 0. The molecule has 0 spiro atoms. The molecule has 0 aromatic carbocycles. The smallest absolute Gasteiger partial charge is 0.233 e. The van der Waals surface area contributed by atoms with Gasteiger partial charge < -0.3 is 5.11 Å². The number of hydrogen-bond donors (Lipinski definition) is 1. The van der Waals surface area contributed by atoms with Gasteiger partial charge in [0.25, 0.3) is 0 Å². The van der Waals surface area contributed by atoms with E-state index < -0.39 is 0 Å². The Bertz CT molecular complexity index is 242. The van der Waals surface area contributed by atoms with E-state index in [1.165, 1.54) is 4.90 Å². The van der Waals surface area contributed by atoms with Crippen LogP contribution in [0, 0.1) is 11.8 Å². The molecule has 1 heterocycles. The second-order valence-corrected chi connectivity index (χ2v) is 3.87. The van der Waals surface area contributed by atoms with E-state index in [0.717, 1.165) is 12.8 Å². The molecule has 2 rings (SSSR count). The molecule has 0 radical (unpaired) electrons. The van der Waals surface area contributed by atoms with E-state index in [0.29, 0.717) is 0 Å². The minimum atomic E-state index is -0.356. The summed E-state index contributed by atoms with van der Waals surface area (Å²) in [7, 11) is 0. The fraction of sp³-hybridized carbons (Fsp3) is 0.778. The Labute approximate surface area is 76.5 Å². The molecule has 72 valence electrons. The molecule has 0 aromatic heterocycles. The van der Waals surface area contributed by atoms with Crippen molar-refractivity contribution in [2.75, 3.05) is 6.61 Å². The largest absolute Gasteiger partial charge is 0.394 e. The Kier molecular flexibility index (Phi) is 1.87. The van der Waals surface area contributed by atoms with Crippen molar-refractivity contribution >= 4 is 11.8 Å². The van der Waals surface area contributed by atoms with Gasteiger partial charge in [0.2, 0.25) is 11.8 Å². The van der Waals surface area contributed by atoms with Crippen molar-refractivity contribution in [1.29, 1.82) is 0 Å². The molecule has 0 aromatic rings. The van der Waals surface area contributed by atoms with Gasteiger partial charge in [-0.1, -0.05) is 0 Å². The molecule has 3 atom stereocenters. The van der Waals surface area contributed by atoms with Crippen LogP contribution in [0.15, 0.2) is 0 Å². The number of likely N-dealkylation sites (tertiary alicyclic amines) is 1. The zero-order valence-electron chi connectivity index (χ0n) is 7.56. The van der Waals surface area contributed by atoms with Crippen LogP contribution < -0.4 is 0 Å². The minimum Gasteiger partial charge on any atom is -0.394 e. The van der Waals surface area contributed by atoms with Gasteiger partial charge in [0.05, 0.1) is 24.5 Å². The van der Waals surface area contributed by atoms with E-state index >= 15 is 0 Å². The van der Waals surface area contributed by atoms with E-state index in [1.54, 1.807) is 6.92 Å². The molecule has 2 unspecified atom stereocenters. The second kappa shape index (κ2) is 2.80. The molecule has 4 heteroatoms. The maximum Gasteiger partial charge on any atom is 0.233 e. The number of imide groups is 1. The minimum absolute atomic E-state index is 0.0681. The normalized spacial score (nSPS) is 34.5. The predicted octanol–water partition coefficient (Wildman–Crippen LogP) is -0.238. The van der Waals surface area contributed by atoms with Crippen molar-refractivity contribution in [2.24, 2.45) is 11.8 Å². The summed E-state index contributed by atoms with van der Waals surface area (Å²) in [6.07, 6.45) is 1.67. The molecule has 1 saturated heterocycles. The molecule has 2 amide bonds. The van der Waals surface area contributed by atoms with Crippen molar-refractivity contribution in [3.8, 4) is 0 Å². The molecule has 0 bridgehead atoms. The van der Waals surface area contributed by atoms with Crippen LogP contribution in [0.1, 0.15) is 19.8 Å². The monoisotopic (exact) mass is 183 g/mol. The van der Waals surface area contributed by atoms with Crippen molar-refractivity contribution in [3.05, 3.63) is 0 Å². The number of nitrogens with zero attached hydrogens (tertiary/aromatic N) is 1. The Hall–Kier alpha value is -0.900. The third-order valence-corrected chi connectivity index (χ3v) is 3.09. The molecule has 1 saturated carbocycles. The Balaban J connectivity index is 2.19. The number of rotatable bonds is 2. The lowest BCUT2D eigenvalue weighted by atomic mass is 9.76. The third-order valence-electron chi connectivity index (χ3n) is 3.09. The number of hydrogen-bond acceptors (Lipinski definition) is 3. The van der Waals surface area contributed by atoms with Crippen LogP contribution >= 0.6 is 0 Å². The van der Waals surface area contributed by atoms with Crippen LogP contribution in [-0.4, -0.2) is 34.5 Å². The van der Waals surface area contributed by atoms with E-state index in [9.17, 15) is 9.59 Å². The SMILES string of the molecule is C[C@@H](CO)N1C(=O)C2CCC2C1=O. The molecule has 2 aliphatic rings. The van der Waals surface area contributed by atoms with E-state index in [2.05, 4.69) is 0 Å². The predicted molar refractivity (Wildman–Crippen MR) is 44.6 cm³/mol. The van der Waals surface area contributed by atoms with Crippen molar-refractivity contribution < 1.29 is 14.7 Å². The number of aliphatic hydroxyl groups is 1. The first kappa shape index (κ1) is 8.69. The van der Waals surface area contributed by atoms with E-state index in [4.69, 9.17) is 5.11 Å². The summed E-state index contributed by atoms with van der Waals surface area (Å²) in [6.45, 7) is 1.55. The lowest BCUT2D eigenvalue weighted by molar-refractivity contribution is -0.142. The van der Waals surface area contributed by atoms with Crippen LogP contribution in [-0.2, 0) is 9.59 Å². The second-order valence-electron chi connectivity index (χ2n) is 3.87. The first-order valence-corrected chi connectivity index (χ1v) is 4.64. The summed E-state index contributed by atoms with van der Waals surface area (Å²) in [5.74, 6) is -0.298. The van der Waals surface area contributed by atoms with Gasteiger partial charge in [-0.25, -0.2) is 0 Å². The molecular formula is C9H13NO3. The number of carbonyl (C=O) groups is 2. The number of fused-ring (bicyclic) bond motifs is 1. The van der Waals surface area contributed by atoms with Crippen LogP contribution in [0.3, 0.4) is 0 Å². The molecule has 1 N–H and O–H groups in total. The molecule has 13 heavy (non-hydrogen) atoms. The van der Waals surface area contributed by atoms with Gasteiger partial charge in [0.1, 0.15) is 0 Å². The highest BCUT2D eigenvalue weighted by atomic mass is 16.3. The van der Waals surface area contributed by atoms with Gasteiger partial charge in [-0.15, -0.1) is 0 Å². The summed E-state index contributed by atoms with van der Waals surface area (Å²) in [5, 5.41) is 8.88. The lowest BCUT2D eigenvalue weighted by Gasteiger charge is -2.24. The molecule has 1 aliphatic heterocycles. The molecule has 1 aliphatic carbocycles. The molecular weight excluding hydrogens is 170 g/mol. The Morgan fingerprint density at radius 1 is 1.38 bits per heavy atom. The lowest BCUT2D eigenvalue weighted by Crippen LogP contribution is -2.40. The maximum absolute atomic E-state index is 11.6. The summed E-state index contributed by atoms with van der Waals surface area (Å²) < 4.78 is 0. The summed E-state index contributed by atoms with van der Waals surface area (Å²) in [4.78, 5) is 24.4. The highest BCUT2D eigenvalue weighted by Crippen LogP contribution is 2.42. The maximum atomic E-state index is 11.6. The summed E-state index contributed by atoms with van der Waals surface area (Å²) in [6, 6.07) is -0.356. The summed E-state index contributed by atoms with van der Waals surface area (Å²) >= 11 is 0. The van der Waals surface area contributed by atoms with Crippen LogP contribution in [0.25, 0.3) is 0 Å². The van der Waals surface area contributed by atoms with Gasteiger partial charge >= 0.3 is 0 Å². The number of amides is 2. The van der Waals surface area contributed by atoms with Crippen LogP contribution in [0.2, 0.25) is 0 Å². The quantitative estimate of drug-likeness (QED) is 0.601. The van der Waals surface area contributed by atoms with Crippen molar-refractivity contribution in [1.82, 2.24) is 4.90 Å². The highest BCUT2D eigenvalue weighted by molar-refractivity contribution is 6.06. The van der Waals surface area contributed by atoms with Crippen molar-refractivity contribution in [2.45, 2.75) is 25.8 Å². The van der Waals surface area contributed by atoms with Crippen LogP contribution in [0.5, 0.6) is 0 Å². The standard InChI is InChI=1S/C9H13NO3/c1-5(4-11)10-8(12)6-2-3-7(6)9(10)13/h5-7,11H,2-4H2,1H3/t5-,6?,7?/m0/s1. The zero-order valence-corrected chi connectivity index (χ0v) is 7.56.